The van der Waals surface area contributed by atoms with Crippen LogP contribution in [0.4, 0.5) is 13.2 Å². The molecule has 1 aromatic rings. The van der Waals surface area contributed by atoms with Crippen LogP contribution in [0, 0.1) is 0 Å². The van der Waals surface area contributed by atoms with Crippen molar-refractivity contribution >= 4 is 5.91 Å². The second-order valence-electron chi connectivity index (χ2n) is 4.11. The molecule has 0 aromatic heterocycles. The van der Waals surface area contributed by atoms with Crippen LogP contribution < -0.4 is 16.0 Å². The summed E-state index contributed by atoms with van der Waals surface area (Å²) in [5.74, 6) is 4.53. The van der Waals surface area contributed by atoms with Crippen LogP contribution in [-0.4, -0.2) is 11.5 Å². The van der Waals surface area contributed by atoms with E-state index in [4.69, 9.17) is 10.6 Å². The lowest BCUT2D eigenvalue weighted by Crippen LogP contribution is -2.49. The fourth-order valence-electron chi connectivity index (χ4n) is 1.23. The quantitative estimate of drug-likeness (QED) is 0.496. The van der Waals surface area contributed by atoms with Gasteiger partial charge in [-0.3, -0.25) is 10.2 Å². The molecule has 0 heterocycles. The molecule has 0 aliphatic heterocycles. The van der Waals surface area contributed by atoms with Crippen LogP contribution in [0.5, 0.6) is 5.75 Å². The van der Waals surface area contributed by atoms with Crippen LogP contribution in [0.1, 0.15) is 19.4 Å². The predicted molar refractivity (Wildman–Crippen MR) is 58.5 cm³/mol. The summed E-state index contributed by atoms with van der Waals surface area (Å²) in [4.78, 5) is 11.3. The average Bonchev–Trinajstić information content (AvgIpc) is 2.26. The minimum atomic E-state index is -4.40. The highest BCUT2D eigenvalue weighted by Crippen LogP contribution is 2.30. The molecule has 0 atom stereocenters. The topological polar surface area (TPSA) is 64.3 Å². The van der Waals surface area contributed by atoms with Crippen molar-refractivity contribution in [3.05, 3.63) is 29.8 Å². The van der Waals surface area contributed by atoms with Crippen molar-refractivity contribution < 1.29 is 22.7 Å². The predicted octanol–water partition coefficient (Wildman–Crippen LogP) is 1.85. The third kappa shape index (κ3) is 3.36. The molecule has 18 heavy (non-hydrogen) atoms. The Bertz CT molecular complexity index is 427. The van der Waals surface area contributed by atoms with Gasteiger partial charge in [-0.2, -0.15) is 13.2 Å². The van der Waals surface area contributed by atoms with E-state index < -0.39 is 23.2 Å². The van der Waals surface area contributed by atoms with Gasteiger partial charge in [0.25, 0.3) is 5.91 Å². The first-order chi connectivity index (χ1) is 8.16. The van der Waals surface area contributed by atoms with Crippen LogP contribution in [0.25, 0.3) is 0 Å². The highest BCUT2D eigenvalue weighted by atomic mass is 19.4. The molecule has 0 saturated heterocycles. The molecule has 0 radical (unpaired) electrons. The zero-order valence-corrected chi connectivity index (χ0v) is 9.84. The maximum atomic E-state index is 12.3. The van der Waals surface area contributed by atoms with Gasteiger partial charge in [0.2, 0.25) is 0 Å². The molecule has 0 aliphatic rings. The smallest absolute Gasteiger partial charge is 0.416 e. The Labute approximate surface area is 102 Å². The number of halogens is 3. The molecule has 100 valence electrons. The fourth-order valence-corrected chi connectivity index (χ4v) is 1.23. The van der Waals surface area contributed by atoms with E-state index in [9.17, 15) is 18.0 Å². The molecular formula is C11H13F3N2O2. The molecule has 0 unspecified atom stereocenters. The first-order valence-corrected chi connectivity index (χ1v) is 5.04. The number of hydrazine groups is 1. The number of amides is 1. The Balaban J connectivity index is 2.85. The van der Waals surface area contributed by atoms with Crippen LogP contribution in [0.15, 0.2) is 24.3 Å². The van der Waals surface area contributed by atoms with Crippen molar-refractivity contribution in [2.24, 2.45) is 5.84 Å². The Hall–Kier alpha value is -1.76. The van der Waals surface area contributed by atoms with Gasteiger partial charge in [0.1, 0.15) is 5.75 Å². The monoisotopic (exact) mass is 262 g/mol. The summed E-state index contributed by atoms with van der Waals surface area (Å²) >= 11 is 0. The number of carbonyl (C=O) groups is 1. The summed E-state index contributed by atoms with van der Waals surface area (Å²) in [7, 11) is 0. The summed E-state index contributed by atoms with van der Waals surface area (Å²) in [6.07, 6.45) is -4.40. The first-order valence-electron chi connectivity index (χ1n) is 5.04. The molecule has 1 rings (SSSR count). The van der Waals surface area contributed by atoms with Crippen molar-refractivity contribution in [1.82, 2.24) is 5.43 Å². The Morgan fingerprint density at radius 1 is 1.22 bits per heavy atom. The molecule has 0 spiro atoms. The van der Waals surface area contributed by atoms with Gasteiger partial charge in [0, 0.05) is 0 Å². The second-order valence-corrected chi connectivity index (χ2v) is 4.11. The SMILES string of the molecule is CC(C)(Oc1ccc(C(F)(F)F)cc1)C(=O)NN. The summed E-state index contributed by atoms with van der Waals surface area (Å²) in [5.41, 5.74) is -0.134. The van der Waals surface area contributed by atoms with E-state index in [0.29, 0.717) is 0 Å². The standard InChI is InChI=1S/C11H13F3N2O2/c1-10(2,9(17)16-15)18-8-5-3-7(4-6-8)11(12,13)14/h3-6H,15H2,1-2H3,(H,16,17). The number of benzene rings is 1. The summed E-state index contributed by atoms with van der Waals surface area (Å²) < 4.78 is 42.2. The Morgan fingerprint density at radius 2 is 1.72 bits per heavy atom. The number of nitrogens with one attached hydrogen (secondary N) is 1. The molecule has 7 heteroatoms. The van der Waals surface area contributed by atoms with E-state index in [1.54, 1.807) is 0 Å². The van der Waals surface area contributed by atoms with Gasteiger partial charge >= 0.3 is 6.18 Å². The average molecular weight is 262 g/mol. The van der Waals surface area contributed by atoms with Gasteiger partial charge in [0.05, 0.1) is 5.56 Å². The van der Waals surface area contributed by atoms with Gasteiger partial charge in [-0.25, -0.2) is 5.84 Å². The zero-order valence-electron chi connectivity index (χ0n) is 9.84. The minimum Gasteiger partial charge on any atom is -0.478 e. The van der Waals surface area contributed by atoms with Crippen molar-refractivity contribution in [3.8, 4) is 5.75 Å². The van der Waals surface area contributed by atoms with Gasteiger partial charge < -0.3 is 4.74 Å². The van der Waals surface area contributed by atoms with E-state index in [-0.39, 0.29) is 5.75 Å². The van der Waals surface area contributed by atoms with Crippen molar-refractivity contribution in [2.45, 2.75) is 25.6 Å². The van der Waals surface area contributed by atoms with Crippen molar-refractivity contribution in [1.29, 1.82) is 0 Å². The van der Waals surface area contributed by atoms with E-state index in [1.807, 2.05) is 5.43 Å². The number of alkyl halides is 3. The zero-order chi connectivity index (χ0) is 14.0. The molecule has 3 N–H and O–H groups in total. The van der Waals surface area contributed by atoms with Crippen molar-refractivity contribution in [3.63, 3.8) is 0 Å². The molecule has 0 aliphatic carbocycles. The highest BCUT2D eigenvalue weighted by Gasteiger charge is 2.31. The van der Waals surface area contributed by atoms with Crippen LogP contribution >= 0.6 is 0 Å². The Kier molecular flexibility index (Phi) is 3.85. The lowest BCUT2D eigenvalue weighted by molar-refractivity contribution is -0.138. The molecule has 4 nitrogen and oxygen atoms in total. The lowest BCUT2D eigenvalue weighted by atomic mass is 10.1. The highest BCUT2D eigenvalue weighted by molar-refractivity contribution is 5.84. The summed E-state index contributed by atoms with van der Waals surface area (Å²) in [6, 6.07) is 4.06. The fraction of sp³-hybridized carbons (Fsp3) is 0.364. The largest absolute Gasteiger partial charge is 0.478 e. The van der Waals surface area contributed by atoms with Crippen molar-refractivity contribution in [2.75, 3.05) is 0 Å². The Morgan fingerprint density at radius 3 is 2.11 bits per heavy atom. The maximum absolute atomic E-state index is 12.3. The van der Waals surface area contributed by atoms with E-state index in [2.05, 4.69) is 0 Å². The van der Waals surface area contributed by atoms with Crippen LogP contribution in [0.3, 0.4) is 0 Å². The van der Waals surface area contributed by atoms with Gasteiger partial charge in [0.15, 0.2) is 5.60 Å². The van der Waals surface area contributed by atoms with Crippen LogP contribution in [-0.2, 0) is 11.0 Å². The summed E-state index contributed by atoms with van der Waals surface area (Å²) in [5, 5.41) is 0. The number of hydrogen-bond acceptors (Lipinski definition) is 3. The number of rotatable bonds is 3. The number of nitrogens with two attached hydrogens (primary N) is 1. The molecular weight excluding hydrogens is 249 g/mol. The molecule has 1 aromatic carbocycles. The molecule has 0 bridgehead atoms. The molecule has 0 saturated carbocycles. The van der Waals surface area contributed by atoms with E-state index in [1.165, 1.54) is 13.8 Å². The normalized spacial score (nSPS) is 12.1. The van der Waals surface area contributed by atoms with Crippen LogP contribution in [0.2, 0.25) is 0 Å². The van der Waals surface area contributed by atoms with E-state index >= 15 is 0 Å². The third-order valence-corrected chi connectivity index (χ3v) is 2.23. The number of carbonyl (C=O) groups excluding carboxylic acids is 1. The third-order valence-electron chi connectivity index (χ3n) is 2.23. The molecule has 0 fully saturated rings. The van der Waals surface area contributed by atoms with Gasteiger partial charge in [-0.05, 0) is 38.1 Å². The van der Waals surface area contributed by atoms with Gasteiger partial charge in [-0.1, -0.05) is 0 Å². The minimum absolute atomic E-state index is 0.150. The summed E-state index contributed by atoms with van der Waals surface area (Å²) in [6.45, 7) is 2.90. The van der Waals surface area contributed by atoms with E-state index in [0.717, 1.165) is 24.3 Å². The number of ether oxygens (including phenoxy) is 1. The molecule has 1 amide bonds. The second kappa shape index (κ2) is 4.85. The van der Waals surface area contributed by atoms with Gasteiger partial charge in [-0.15, -0.1) is 0 Å². The lowest BCUT2D eigenvalue weighted by Gasteiger charge is -2.24. The first kappa shape index (κ1) is 14.3. The number of hydrogen-bond donors (Lipinski definition) is 2. The maximum Gasteiger partial charge on any atom is 0.416 e.